The molecule has 27 heavy (non-hydrogen) atoms. The van der Waals surface area contributed by atoms with Gasteiger partial charge in [-0.3, -0.25) is 4.79 Å². The lowest BCUT2D eigenvalue weighted by Crippen LogP contribution is -2.48. The summed E-state index contributed by atoms with van der Waals surface area (Å²) in [6.07, 6.45) is 3.95. The summed E-state index contributed by atoms with van der Waals surface area (Å²) in [6, 6.07) is 3.06. The lowest BCUT2D eigenvalue weighted by Gasteiger charge is -2.33. The van der Waals surface area contributed by atoms with Crippen LogP contribution in [0.2, 0.25) is 5.02 Å². The van der Waals surface area contributed by atoms with E-state index in [4.69, 9.17) is 16.3 Å². The second-order valence-corrected chi connectivity index (χ2v) is 9.66. The highest BCUT2D eigenvalue weighted by atomic mass is 35.5. The van der Waals surface area contributed by atoms with Gasteiger partial charge in [0.1, 0.15) is 5.82 Å². The average molecular weight is 418 g/mol. The first-order valence-corrected chi connectivity index (χ1v) is 11.1. The Morgan fingerprint density at radius 1 is 1.19 bits per heavy atom. The molecule has 1 atom stereocenters. The van der Waals surface area contributed by atoms with Gasteiger partial charge in [0.2, 0.25) is 0 Å². The fraction of sp³-hybridized carbons (Fsp3) is 0.556. The third-order valence-corrected chi connectivity index (χ3v) is 7.07. The summed E-state index contributed by atoms with van der Waals surface area (Å²) in [4.78, 5) is 26.4. The highest BCUT2D eigenvalue weighted by Crippen LogP contribution is 2.29. The Balaban J connectivity index is 1.69. The minimum atomic E-state index is -3.15. The lowest BCUT2D eigenvalue weighted by atomic mass is 10.1. The van der Waals surface area contributed by atoms with Crippen LogP contribution in [0.1, 0.15) is 42.5 Å². The van der Waals surface area contributed by atoms with Gasteiger partial charge in [0.05, 0.1) is 17.1 Å². The van der Waals surface area contributed by atoms with E-state index in [0.717, 1.165) is 37.8 Å². The number of nitrogens with zero attached hydrogens (tertiary/aromatic N) is 1. The fourth-order valence-electron chi connectivity index (χ4n) is 3.82. The molecule has 0 radical (unpaired) electrons. The van der Waals surface area contributed by atoms with Gasteiger partial charge in [-0.15, -0.1) is 0 Å². The summed E-state index contributed by atoms with van der Waals surface area (Å²) in [5, 5.41) is 0.179. The van der Waals surface area contributed by atoms with Crippen LogP contribution in [-0.2, 0) is 19.4 Å². The van der Waals surface area contributed by atoms with Crippen LogP contribution in [0.5, 0.6) is 0 Å². The zero-order valence-corrected chi connectivity index (χ0v) is 16.3. The molecule has 1 saturated heterocycles. The number of carbonyl (C=O) groups excluding carboxylic acids is 2. The number of carbonyl (C=O) groups is 2. The zero-order valence-electron chi connectivity index (χ0n) is 14.7. The Morgan fingerprint density at radius 3 is 2.52 bits per heavy atom. The molecule has 2 aliphatic rings. The normalized spacial score (nSPS) is 21.9. The molecule has 2 fully saturated rings. The van der Waals surface area contributed by atoms with Gasteiger partial charge in [0.25, 0.3) is 5.91 Å². The van der Waals surface area contributed by atoms with E-state index in [1.165, 1.54) is 6.07 Å². The van der Waals surface area contributed by atoms with Crippen molar-refractivity contribution in [2.24, 2.45) is 0 Å². The van der Waals surface area contributed by atoms with Crippen LogP contribution in [0.4, 0.5) is 4.39 Å². The van der Waals surface area contributed by atoms with Crippen LogP contribution in [-0.4, -0.2) is 55.4 Å². The van der Waals surface area contributed by atoms with Crippen molar-refractivity contribution >= 4 is 33.3 Å². The minimum absolute atomic E-state index is 0.0441. The summed E-state index contributed by atoms with van der Waals surface area (Å²) in [5.41, 5.74) is -0.342. The largest absolute Gasteiger partial charge is 0.452 e. The van der Waals surface area contributed by atoms with Gasteiger partial charge >= 0.3 is 5.97 Å². The fourth-order valence-corrected chi connectivity index (χ4v) is 5.70. The van der Waals surface area contributed by atoms with Crippen LogP contribution < -0.4 is 0 Å². The predicted molar refractivity (Wildman–Crippen MR) is 97.9 cm³/mol. The molecule has 6 nitrogen and oxygen atoms in total. The lowest BCUT2D eigenvalue weighted by molar-refractivity contribution is -0.139. The monoisotopic (exact) mass is 417 g/mol. The van der Waals surface area contributed by atoms with Gasteiger partial charge in [-0.05, 0) is 37.5 Å². The Kier molecular flexibility index (Phi) is 6.05. The molecule has 1 aromatic carbocycles. The second-order valence-electron chi connectivity index (χ2n) is 7.00. The summed E-state index contributed by atoms with van der Waals surface area (Å²) < 4.78 is 42.4. The van der Waals surface area contributed by atoms with E-state index in [-0.39, 0.29) is 28.1 Å². The van der Waals surface area contributed by atoms with E-state index in [1.807, 2.05) is 0 Å². The number of amides is 1. The molecule has 1 amide bonds. The van der Waals surface area contributed by atoms with Crippen molar-refractivity contribution < 1.29 is 27.1 Å². The molecule has 1 aromatic rings. The third kappa shape index (κ3) is 4.79. The van der Waals surface area contributed by atoms with Gasteiger partial charge in [-0.2, -0.15) is 0 Å². The van der Waals surface area contributed by atoms with Crippen molar-refractivity contribution in [1.29, 1.82) is 0 Å². The van der Waals surface area contributed by atoms with Crippen LogP contribution in [0.15, 0.2) is 18.2 Å². The molecule has 1 aliphatic carbocycles. The molecule has 1 aliphatic heterocycles. The van der Waals surface area contributed by atoms with Crippen LogP contribution >= 0.6 is 11.6 Å². The number of sulfone groups is 1. The molecule has 3 rings (SSSR count). The van der Waals surface area contributed by atoms with E-state index in [0.29, 0.717) is 6.42 Å². The van der Waals surface area contributed by atoms with E-state index < -0.39 is 40.2 Å². The standard InChI is InChI=1S/C18H21ClFNO5S/c19-12-5-6-16(20)15(9-12)18(23)26-10-17(22)21(13-3-1-2-4-13)14-7-8-27(24,25)11-14/h5-6,9,13-14H,1-4,7-8,10-11H2/t14-/m0/s1. The second kappa shape index (κ2) is 8.14. The molecule has 0 bridgehead atoms. The van der Waals surface area contributed by atoms with Gasteiger partial charge in [-0.1, -0.05) is 24.4 Å². The molecule has 1 heterocycles. The molecular formula is C18H21ClFNO5S. The first-order chi connectivity index (χ1) is 12.8. The number of ether oxygens (including phenoxy) is 1. The zero-order chi connectivity index (χ0) is 19.6. The topological polar surface area (TPSA) is 80.8 Å². The van der Waals surface area contributed by atoms with Gasteiger partial charge < -0.3 is 9.64 Å². The van der Waals surface area contributed by atoms with Crippen molar-refractivity contribution in [2.75, 3.05) is 18.1 Å². The van der Waals surface area contributed by atoms with Crippen molar-refractivity contribution in [3.05, 3.63) is 34.6 Å². The van der Waals surface area contributed by atoms with E-state index in [9.17, 15) is 22.4 Å². The van der Waals surface area contributed by atoms with Crippen molar-refractivity contribution in [2.45, 2.75) is 44.2 Å². The molecule has 1 saturated carbocycles. The average Bonchev–Trinajstić information content (AvgIpc) is 3.25. The summed E-state index contributed by atoms with van der Waals surface area (Å²) >= 11 is 5.77. The number of rotatable bonds is 5. The maximum Gasteiger partial charge on any atom is 0.341 e. The smallest absolute Gasteiger partial charge is 0.341 e. The molecule has 0 aromatic heterocycles. The SMILES string of the molecule is O=C(OCC(=O)N(C1CCCC1)[C@H]1CCS(=O)(=O)C1)c1cc(Cl)ccc1F. The predicted octanol–water partition coefficient (Wildman–Crippen LogP) is 2.59. The van der Waals surface area contributed by atoms with E-state index in [2.05, 4.69) is 0 Å². The summed E-state index contributed by atoms with van der Waals surface area (Å²) in [7, 11) is -3.15. The highest BCUT2D eigenvalue weighted by Gasteiger charge is 2.39. The number of halogens is 2. The van der Waals surface area contributed by atoms with Gasteiger partial charge in [0.15, 0.2) is 16.4 Å². The third-order valence-electron chi connectivity index (χ3n) is 5.08. The Bertz CT molecular complexity index is 838. The van der Waals surface area contributed by atoms with E-state index >= 15 is 0 Å². The van der Waals surface area contributed by atoms with Gasteiger partial charge in [-0.25, -0.2) is 17.6 Å². The minimum Gasteiger partial charge on any atom is -0.452 e. The van der Waals surface area contributed by atoms with Crippen molar-refractivity contribution in [3.63, 3.8) is 0 Å². The quantitative estimate of drug-likeness (QED) is 0.688. The Hall–Kier alpha value is -1.67. The van der Waals surface area contributed by atoms with Crippen LogP contribution in [0, 0.1) is 5.82 Å². The molecule has 9 heteroatoms. The number of hydrogen-bond donors (Lipinski definition) is 0. The molecule has 0 N–H and O–H groups in total. The Labute approximate surface area is 162 Å². The number of hydrogen-bond acceptors (Lipinski definition) is 5. The number of esters is 1. The molecule has 148 valence electrons. The van der Waals surface area contributed by atoms with Crippen molar-refractivity contribution in [3.8, 4) is 0 Å². The molecule has 0 unspecified atom stereocenters. The maximum atomic E-state index is 13.8. The summed E-state index contributed by atoms with van der Waals surface area (Å²) in [6.45, 7) is -0.558. The first-order valence-electron chi connectivity index (χ1n) is 8.90. The van der Waals surface area contributed by atoms with Crippen LogP contribution in [0.3, 0.4) is 0 Å². The number of benzene rings is 1. The molecule has 0 spiro atoms. The van der Waals surface area contributed by atoms with Crippen molar-refractivity contribution in [1.82, 2.24) is 4.90 Å². The van der Waals surface area contributed by atoms with E-state index in [1.54, 1.807) is 4.90 Å². The highest BCUT2D eigenvalue weighted by molar-refractivity contribution is 7.91. The summed E-state index contributed by atoms with van der Waals surface area (Å²) in [5.74, 6) is -2.21. The van der Waals surface area contributed by atoms with Crippen LogP contribution in [0.25, 0.3) is 0 Å². The molecular weight excluding hydrogens is 397 g/mol. The maximum absolute atomic E-state index is 13.8. The van der Waals surface area contributed by atoms with Gasteiger partial charge in [0, 0.05) is 17.1 Å². The first kappa shape index (κ1) is 20.1. The Morgan fingerprint density at radius 2 is 1.89 bits per heavy atom.